The van der Waals surface area contributed by atoms with Crippen LogP contribution in [0.2, 0.25) is 0 Å². The highest BCUT2D eigenvalue weighted by molar-refractivity contribution is 5.25. The molecule has 0 aliphatic rings. The molecule has 0 heterocycles. The first kappa shape index (κ1) is 19.0. The van der Waals surface area contributed by atoms with E-state index in [1.807, 2.05) is 25.1 Å². The van der Waals surface area contributed by atoms with E-state index in [2.05, 4.69) is 13.8 Å². The third-order valence-corrected chi connectivity index (χ3v) is 2.46. The maximum atomic E-state index is 8.81. The van der Waals surface area contributed by atoms with Gasteiger partial charge in [-0.15, -0.1) is 0 Å². The summed E-state index contributed by atoms with van der Waals surface area (Å²) in [5.74, 6) is 1.31. The molecule has 0 atom stereocenters. The topological polar surface area (TPSA) is 60.7 Å². The molecule has 0 unspecified atom stereocenters. The van der Waals surface area contributed by atoms with Crippen molar-refractivity contribution in [3.05, 3.63) is 60.2 Å². The van der Waals surface area contributed by atoms with Crippen molar-refractivity contribution >= 4 is 0 Å². The molecule has 21 heavy (non-hydrogen) atoms. The minimum atomic E-state index is 0.322. The number of benzene rings is 2. The van der Waals surface area contributed by atoms with Gasteiger partial charge < -0.3 is 15.3 Å². The minimum absolute atomic E-state index is 0.322. The molecule has 0 aliphatic heterocycles. The highest BCUT2D eigenvalue weighted by atomic mass is 16.3. The molecule has 0 fully saturated rings. The molecule has 2 rings (SSSR count). The Morgan fingerprint density at radius 3 is 1.67 bits per heavy atom. The van der Waals surface area contributed by atoms with Crippen LogP contribution in [0.25, 0.3) is 0 Å². The van der Waals surface area contributed by atoms with Crippen LogP contribution in [-0.2, 0) is 0 Å². The van der Waals surface area contributed by atoms with Crippen molar-refractivity contribution in [2.45, 2.75) is 27.2 Å². The number of aryl methyl sites for hydroxylation is 1. The standard InChI is InChI=1S/C7H8O.C6H6O.C5H12O/c1-6-3-2-4-7(8)5-6;7-6-4-2-1-3-5-6;1-5(2)3-4-6/h2-5,8H,1H3;1-5,7H;5-6H,3-4H2,1-2H3. The molecule has 3 nitrogen and oxygen atoms in total. The number of aromatic hydroxyl groups is 2. The summed E-state index contributed by atoms with van der Waals surface area (Å²) in [6.07, 6.45) is 0.931. The van der Waals surface area contributed by atoms with Crippen LogP contribution in [0.3, 0.4) is 0 Å². The SMILES string of the molecule is CC(C)CCO.Cc1cccc(O)c1.Oc1ccccc1. The van der Waals surface area contributed by atoms with Crippen molar-refractivity contribution in [2.75, 3.05) is 6.61 Å². The van der Waals surface area contributed by atoms with E-state index in [1.54, 1.807) is 36.4 Å². The zero-order valence-electron chi connectivity index (χ0n) is 13.0. The van der Waals surface area contributed by atoms with Crippen LogP contribution in [0.4, 0.5) is 0 Å². The second kappa shape index (κ2) is 11.8. The summed E-state index contributed by atoms with van der Waals surface area (Å²) in [7, 11) is 0. The van der Waals surface area contributed by atoms with Crippen LogP contribution >= 0.6 is 0 Å². The lowest BCUT2D eigenvalue weighted by Gasteiger charge is -1.95. The van der Waals surface area contributed by atoms with Gasteiger partial charge in [0, 0.05) is 6.61 Å². The maximum absolute atomic E-state index is 8.81. The Kier molecular flexibility index (Phi) is 10.7. The zero-order valence-corrected chi connectivity index (χ0v) is 13.0. The Morgan fingerprint density at radius 1 is 0.857 bits per heavy atom. The first-order valence-corrected chi connectivity index (χ1v) is 7.06. The molecule has 3 heteroatoms. The van der Waals surface area contributed by atoms with Gasteiger partial charge in [-0.1, -0.05) is 44.2 Å². The quantitative estimate of drug-likeness (QED) is 0.779. The van der Waals surface area contributed by atoms with Crippen LogP contribution in [0.5, 0.6) is 11.5 Å². The predicted molar refractivity (Wildman–Crippen MR) is 87.5 cm³/mol. The van der Waals surface area contributed by atoms with Crippen molar-refractivity contribution in [3.8, 4) is 11.5 Å². The van der Waals surface area contributed by atoms with Crippen molar-refractivity contribution in [1.29, 1.82) is 0 Å². The van der Waals surface area contributed by atoms with Gasteiger partial charge in [0.2, 0.25) is 0 Å². The lowest BCUT2D eigenvalue weighted by Crippen LogP contribution is -1.89. The molecular weight excluding hydrogens is 264 g/mol. The summed E-state index contributed by atoms with van der Waals surface area (Å²) >= 11 is 0. The molecule has 116 valence electrons. The molecule has 0 radical (unpaired) electrons. The van der Waals surface area contributed by atoms with Gasteiger partial charge >= 0.3 is 0 Å². The average molecular weight is 290 g/mol. The minimum Gasteiger partial charge on any atom is -0.508 e. The fraction of sp³-hybridized carbons (Fsp3) is 0.333. The second-order valence-electron chi connectivity index (χ2n) is 5.08. The number of hydrogen-bond donors (Lipinski definition) is 3. The molecule has 0 bridgehead atoms. The van der Waals surface area contributed by atoms with E-state index in [1.165, 1.54) is 0 Å². The molecule has 0 saturated heterocycles. The summed E-state index contributed by atoms with van der Waals surface area (Å²) in [6, 6.07) is 15.9. The van der Waals surface area contributed by atoms with E-state index in [0.717, 1.165) is 12.0 Å². The van der Waals surface area contributed by atoms with Gasteiger partial charge in [0.1, 0.15) is 11.5 Å². The second-order valence-corrected chi connectivity index (χ2v) is 5.08. The van der Waals surface area contributed by atoms with Crippen LogP contribution in [0.15, 0.2) is 54.6 Å². The molecule has 0 aliphatic carbocycles. The van der Waals surface area contributed by atoms with E-state index in [9.17, 15) is 0 Å². The van der Waals surface area contributed by atoms with E-state index in [-0.39, 0.29) is 0 Å². The van der Waals surface area contributed by atoms with Gasteiger partial charge in [-0.25, -0.2) is 0 Å². The van der Waals surface area contributed by atoms with Crippen LogP contribution in [0.1, 0.15) is 25.8 Å². The molecule has 2 aromatic rings. The van der Waals surface area contributed by atoms with Crippen molar-refractivity contribution in [1.82, 2.24) is 0 Å². The van der Waals surface area contributed by atoms with Crippen molar-refractivity contribution in [2.24, 2.45) is 5.92 Å². The largest absolute Gasteiger partial charge is 0.508 e. The Hall–Kier alpha value is -2.00. The van der Waals surface area contributed by atoms with E-state index < -0.39 is 0 Å². The highest BCUT2D eigenvalue weighted by Crippen LogP contribution is 2.08. The van der Waals surface area contributed by atoms with E-state index >= 15 is 0 Å². The fourth-order valence-corrected chi connectivity index (χ4v) is 1.31. The number of aliphatic hydroxyl groups excluding tert-OH is 1. The lowest BCUT2D eigenvalue weighted by molar-refractivity contribution is 0.268. The first-order valence-electron chi connectivity index (χ1n) is 7.06. The van der Waals surface area contributed by atoms with Crippen LogP contribution in [0, 0.1) is 12.8 Å². The number of phenols is 2. The Morgan fingerprint density at radius 2 is 1.43 bits per heavy atom. The number of para-hydroxylation sites is 1. The summed E-state index contributed by atoms with van der Waals surface area (Å²) in [5, 5.41) is 25.7. The number of hydrogen-bond acceptors (Lipinski definition) is 3. The number of rotatable bonds is 2. The fourth-order valence-electron chi connectivity index (χ4n) is 1.31. The molecule has 0 amide bonds. The predicted octanol–water partition coefficient (Wildman–Crippen LogP) is 4.12. The molecule has 2 aromatic carbocycles. The third-order valence-electron chi connectivity index (χ3n) is 2.46. The molecule has 3 N–H and O–H groups in total. The van der Waals surface area contributed by atoms with Gasteiger partial charge in [0.25, 0.3) is 0 Å². The Labute approximate surface area is 127 Å². The number of aliphatic hydroxyl groups is 1. The van der Waals surface area contributed by atoms with Crippen LogP contribution in [-0.4, -0.2) is 21.9 Å². The van der Waals surface area contributed by atoms with Gasteiger partial charge in [-0.2, -0.15) is 0 Å². The van der Waals surface area contributed by atoms with Crippen LogP contribution < -0.4 is 0 Å². The first-order chi connectivity index (χ1) is 9.95. The molecule has 0 aromatic heterocycles. The third kappa shape index (κ3) is 12.8. The smallest absolute Gasteiger partial charge is 0.115 e. The number of phenolic OH excluding ortho intramolecular Hbond substituents is 2. The summed E-state index contributed by atoms with van der Waals surface area (Å²) < 4.78 is 0. The lowest BCUT2D eigenvalue weighted by atomic mass is 10.2. The van der Waals surface area contributed by atoms with Gasteiger partial charge in [0.05, 0.1) is 0 Å². The van der Waals surface area contributed by atoms with Gasteiger partial charge in [-0.3, -0.25) is 0 Å². The maximum Gasteiger partial charge on any atom is 0.115 e. The van der Waals surface area contributed by atoms with E-state index in [0.29, 0.717) is 24.0 Å². The van der Waals surface area contributed by atoms with Crippen molar-refractivity contribution in [3.63, 3.8) is 0 Å². The monoisotopic (exact) mass is 290 g/mol. The summed E-state index contributed by atoms with van der Waals surface area (Å²) in [4.78, 5) is 0. The van der Waals surface area contributed by atoms with Gasteiger partial charge in [-0.05, 0) is 49.1 Å². The summed E-state index contributed by atoms with van der Waals surface area (Å²) in [6.45, 7) is 6.46. The molecule has 0 saturated carbocycles. The van der Waals surface area contributed by atoms with Crippen molar-refractivity contribution < 1.29 is 15.3 Å². The normalized spacial score (nSPS) is 9.19. The van der Waals surface area contributed by atoms with Gasteiger partial charge in [0.15, 0.2) is 0 Å². The zero-order chi connectivity index (χ0) is 16.1. The molecular formula is C18H26O3. The van der Waals surface area contributed by atoms with E-state index in [4.69, 9.17) is 15.3 Å². The summed E-state index contributed by atoms with van der Waals surface area (Å²) in [5.41, 5.74) is 1.09. The average Bonchev–Trinajstić information content (AvgIpc) is 2.40. The molecule has 0 spiro atoms. The Bertz CT molecular complexity index is 450. The highest BCUT2D eigenvalue weighted by Gasteiger charge is 1.86. The Balaban J connectivity index is 0.000000290.